The standard InChI is InChI=1S/C15H21N3O3/c1-10-4-5-13(21-3)11(8-10)15(20)18-7-6-17-9-12(18)14(19)16-2/h4-5,8,12,17H,6-7,9H2,1-3H3,(H,16,19). The number of rotatable bonds is 3. The zero-order valence-corrected chi connectivity index (χ0v) is 12.6. The van der Waals surface area contributed by atoms with E-state index in [1.807, 2.05) is 13.0 Å². The quantitative estimate of drug-likeness (QED) is 0.832. The Morgan fingerprint density at radius 1 is 1.43 bits per heavy atom. The third-order valence-corrected chi connectivity index (χ3v) is 3.64. The molecule has 1 unspecified atom stereocenters. The summed E-state index contributed by atoms with van der Waals surface area (Å²) in [5.74, 6) is 0.188. The number of amides is 2. The van der Waals surface area contributed by atoms with E-state index in [1.165, 1.54) is 7.11 Å². The van der Waals surface area contributed by atoms with Crippen molar-refractivity contribution >= 4 is 11.8 Å². The first-order valence-corrected chi connectivity index (χ1v) is 6.96. The normalized spacial score (nSPS) is 18.2. The minimum Gasteiger partial charge on any atom is -0.496 e. The van der Waals surface area contributed by atoms with Crippen molar-refractivity contribution in [3.63, 3.8) is 0 Å². The van der Waals surface area contributed by atoms with Gasteiger partial charge in [-0.3, -0.25) is 9.59 Å². The SMILES string of the molecule is CNC(=O)C1CNCCN1C(=O)c1cc(C)ccc1OC. The molecule has 1 heterocycles. The van der Waals surface area contributed by atoms with Gasteiger partial charge in [-0.15, -0.1) is 0 Å². The summed E-state index contributed by atoms with van der Waals surface area (Å²) in [5.41, 5.74) is 1.47. The average Bonchev–Trinajstić information content (AvgIpc) is 2.53. The molecule has 1 fully saturated rings. The van der Waals surface area contributed by atoms with E-state index >= 15 is 0 Å². The Hall–Kier alpha value is -2.08. The van der Waals surface area contributed by atoms with E-state index < -0.39 is 6.04 Å². The number of methoxy groups -OCH3 is 1. The zero-order valence-electron chi connectivity index (χ0n) is 12.6. The van der Waals surface area contributed by atoms with Crippen LogP contribution in [-0.4, -0.2) is 56.5 Å². The summed E-state index contributed by atoms with van der Waals surface area (Å²) in [6.45, 7) is 3.55. The average molecular weight is 291 g/mol. The molecule has 2 rings (SSSR count). The Labute approximate surface area is 124 Å². The maximum atomic E-state index is 12.8. The highest BCUT2D eigenvalue weighted by molar-refractivity contribution is 6.00. The van der Waals surface area contributed by atoms with Crippen molar-refractivity contribution < 1.29 is 14.3 Å². The highest BCUT2D eigenvalue weighted by Gasteiger charge is 2.33. The number of ether oxygens (including phenoxy) is 1. The smallest absolute Gasteiger partial charge is 0.258 e. The molecule has 0 radical (unpaired) electrons. The van der Waals surface area contributed by atoms with Crippen LogP contribution in [0.5, 0.6) is 5.75 Å². The minimum atomic E-state index is -0.499. The maximum Gasteiger partial charge on any atom is 0.258 e. The molecule has 1 aliphatic heterocycles. The van der Waals surface area contributed by atoms with Crippen LogP contribution in [-0.2, 0) is 4.79 Å². The molecule has 1 atom stereocenters. The first-order chi connectivity index (χ1) is 10.1. The van der Waals surface area contributed by atoms with Gasteiger partial charge in [0, 0.05) is 26.7 Å². The van der Waals surface area contributed by atoms with Crippen LogP contribution in [0.25, 0.3) is 0 Å². The topological polar surface area (TPSA) is 70.7 Å². The molecule has 0 aromatic heterocycles. The number of nitrogens with one attached hydrogen (secondary N) is 2. The molecule has 21 heavy (non-hydrogen) atoms. The first kappa shape index (κ1) is 15.3. The van der Waals surface area contributed by atoms with Gasteiger partial charge in [-0.05, 0) is 19.1 Å². The Morgan fingerprint density at radius 3 is 2.86 bits per heavy atom. The van der Waals surface area contributed by atoms with Gasteiger partial charge in [-0.25, -0.2) is 0 Å². The second-order valence-corrected chi connectivity index (χ2v) is 5.04. The fourth-order valence-electron chi connectivity index (χ4n) is 2.49. The van der Waals surface area contributed by atoms with Crippen molar-refractivity contribution in [2.45, 2.75) is 13.0 Å². The zero-order chi connectivity index (χ0) is 15.4. The van der Waals surface area contributed by atoms with Gasteiger partial charge in [0.1, 0.15) is 11.8 Å². The first-order valence-electron chi connectivity index (χ1n) is 6.96. The Kier molecular flexibility index (Phi) is 4.80. The Morgan fingerprint density at radius 2 is 2.19 bits per heavy atom. The number of aryl methyl sites for hydroxylation is 1. The summed E-state index contributed by atoms with van der Waals surface area (Å²) in [7, 11) is 3.11. The van der Waals surface area contributed by atoms with Gasteiger partial charge >= 0.3 is 0 Å². The molecular weight excluding hydrogens is 270 g/mol. The van der Waals surface area contributed by atoms with Crippen molar-refractivity contribution in [2.24, 2.45) is 0 Å². The fraction of sp³-hybridized carbons (Fsp3) is 0.467. The third-order valence-electron chi connectivity index (χ3n) is 3.64. The lowest BCUT2D eigenvalue weighted by Gasteiger charge is -2.35. The molecule has 2 amide bonds. The molecule has 2 N–H and O–H groups in total. The molecule has 1 saturated heterocycles. The van der Waals surface area contributed by atoms with Crippen LogP contribution >= 0.6 is 0 Å². The van der Waals surface area contributed by atoms with E-state index in [4.69, 9.17) is 4.74 Å². The van der Waals surface area contributed by atoms with Crippen molar-refractivity contribution in [3.05, 3.63) is 29.3 Å². The molecule has 0 saturated carbocycles. The molecule has 0 bridgehead atoms. The molecule has 1 aromatic carbocycles. The summed E-state index contributed by atoms with van der Waals surface area (Å²) in [6, 6.07) is 4.97. The van der Waals surface area contributed by atoms with Crippen LogP contribution in [0.4, 0.5) is 0 Å². The number of nitrogens with zero attached hydrogens (tertiary/aromatic N) is 1. The molecule has 6 nitrogen and oxygen atoms in total. The van der Waals surface area contributed by atoms with Gasteiger partial charge < -0.3 is 20.3 Å². The molecule has 114 valence electrons. The predicted molar refractivity (Wildman–Crippen MR) is 79.5 cm³/mol. The lowest BCUT2D eigenvalue weighted by Crippen LogP contribution is -2.59. The molecule has 6 heteroatoms. The van der Waals surface area contributed by atoms with Crippen LogP contribution in [0, 0.1) is 6.92 Å². The second kappa shape index (κ2) is 6.58. The molecule has 1 aliphatic rings. The van der Waals surface area contributed by atoms with Crippen molar-refractivity contribution in [3.8, 4) is 5.75 Å². The summed E-state index contributed by atoms with van der Waals surface area (Å²) in [6.07, 6.45) is 0. The summed E-state index contributed by atoms with van der Waals surface area (Å²) < 4.78 is 5.27. The number of piperazine rings is 1. The molecule has 0 aliphatic carbocycles. The lowest BCUT2D eigenvalue weighted by molar-refractivity contribution is -0.125. The van der Waals surface area contributed by atoms with Crippen molar-refractivity contribution in [2.75, 3.05) is 33.8 Å². The summed E-state index contributed by atoms with van der Waals surface area (Å²) in [5, 5.41) is 5.75. The Bertz CT molecular complexity index is 545. The van der Waals surface area contributed by atoms with Gasteiger partial charge in [0.2, 0.25) is 5.91 Å². The number of benzene rings is 1. The van der Waals surface area contributed by atoms with E-state index in [0.29, 0.717) is 30.9 Å². The number of hydrogen-bond donors (Lipinski definition) is 2. The van der Waals surface area contributed by atoms with Gasteiger partial charge in [-0.2, -0.15) is 0 Å². The highest BCUT2D eigenvalue weighted by atomic mass is 16.5. The van der Waals surface area contributed by atoms with Gasteiger partial charge in [0.15, 0.2) is 0 Å². The van der Waals surface area contributed by atoms with Crippen LogP contribution in [0.2, 0.25) is 0 Å². The van der Waals surface area contributed by atoms with E-state index in [1.54, 1.807) is 24.1 Å². The van der Waals surface area contributed by atoms with E-state index in [2.05, 4.69) is 10.6 Å². The highest BCUT2D eigenvalue weighted by Crippen LogP contribution is 2.22. The fourth-order valence-corrected chi connectivity index (χ4v) is 2.49. The molecule has 0 spiro atoms. The monoisotopic (exact) mass is 291 g/mol. The summed E-state index contributed by atoms with van der Waals surface area (Å²) >= 11 is 0. The largest absolute Gasteiger partial charge is 0.496 e. The van der Waals surface area contributed by atoms with E-state index in [-0.39, 0.29) is 11.8 Å². The van der Waals surface area contributed by atoms with Crippen LogP contribution < -0.4 is 15.4 Å². The summed E-state index contributed by atoms with van der Waals surface area (Å²) in [4.78, 5) is 26.4. The number of carbonyl (C=O) groups excluding carboxylic acids is 2. The maximum absolute atomic E-state index is 12.8. The number of likely N-dealkylation sites (N-methyl/N-ethyl adjacent to an activating group) is 1. The van der Waals surface area contributed by atoms with E-state index in [0.717, 1.165) is 5.56 Å². The third kappa shape index (κ3) is 3.16. The predicted octanol–water partition coefficient (Wildman–Crippen LogP) is 0.164. The Balaban J connectivity index is 2.33. The van der Waals surface area contributed by atoms with Crippen LogP contribution in [0.1, 0.15) is 15.9 Å². The van der Waals surface area contributed by atoms with Crippen molar-refractivity contribution in [1.29, 1.82) is 0 Å². The number of hydrogen-bond acceptors (Lipinski definition) is 4. The van der Waals surface area contributed by atoms with Crippen LogP contribution in [0.15, 0.2) is 18.2 Å². The molecular formula is C15H21N3O3. The van der Waals surface area contributed by atoms with Gasteiger partial charge in [-0.1, -0.05) is 11.6 Å². The van der Waals surface area contributed by atoms with E-state index in [9.17, 15) is 9.59 Å². The lowest BCUT2D eigenvalue weighted by atomic mass is 10.1. The second-order valence-electron chi connectivity index (χ2n) is 5.04. The number of carbonyl (C=O) groups is 2. The van der Waals surface area contributed by atoms with Gasteiger partial charge in [0.05, 0.1) is 12.7 Å². The minimum absolute atomic E-state index is 0.165. The van der Waals surface area contributed by atoms with Gasteiger partial charge in [0.25, 0.3) is 5.91 Å². The van der Waals surface area contributed by atoms with Crippen molar-refractivity contribution in [1.82, 2.24) is 15.5 Å². The van der Waals surface area contributed by atoms with Crippen LogP contribution in [0.3, 0.4) is 0 Å². The molecule has 1 aromatic rings.